The highest BCUT2D eigenvalue weighted by atomic mass is 16.6. The van der Waals surface area contributed by atoms with Crippen molar-refractivity contribution in [1.29, 1.82) is 0 Å². The summed E-state index contributed by atoms with van der Waals surface area (Å²) in [7, 11) is 0. The first-order chi connectivity index (χ1) is 8.22. The number of aliphatic hydroxyl groups excluding tert-OH is 5. The molecule has 0 aromatic carbocycles. The van der Waals surface area contributed by atoms with Gasteiger partial charge in [0.1, 0.15) is 30.5 Å². The Morgan fingerprint density at radius 3 is 2.00 bits per heavy atom. The van der Waals surface area contributed by atoms with E-state index in [1.165, 1.54) is 6.92 Å². The first-order valence-electron chi connectivity index (χ1n) is 5.19. The normalized spacial score (nSPS) is 37.4. The van der Waals surface area contributed by atoms with Crippen molar-refractivity contribution in [3.63, 3.8) is 0 Å². The molecule has 0 radical (unpaired) electrons. The molecule has 0 aliphatic carbocycles. The van der Waals surface area contributed by atoms with E-state index in [1.54, 1.807) is 0 Å². The minimum absolute atomic E-state index is 0.526. The lowest BCUT2D eigenvalue weighted by Gasteiger charge is -2.37. The Balaban J connectivity index is 0.000000411. The molecule has 0 aromatic heterocycles. The molecular formula is C9H19NO8. The number of hydrogen-bond acceptors (Lipinski definition) is 8. The predicted molar refractivity (Wildman–Crippen MR) is 57.3 cm³/mol. The largest absolute Gasteiger partial charge is 0.480 e. The molecule has 6 unspecified atom stereocenters. The molecule has 1 aliphatic rings. The van der Waals surface area contributed by atoms with Gasteiger partial charge in [-0.05, 0) is 6.92 Å². The zero-order chi connectivity index (χ0) is 14.5. The average Bonchev–Trinajstić information content (AvgIpc) is 2.31. The van der Waals surface area contributed by atoms with E-state index in [9.17, 15) is 4.79 Å². The quantitative estimate of drug-likeness (QED) is 0.265. The Labute approximate surface area is 103 Å². The molecule has 1 saturated heterocycles. The van der Waals surface area contributed by atoms with E-state index in [0.717, 1.165) is 0 Å². The van der Waals surface area contributed by atoms with Crippen LogP contribution in [0.5, 0.6) is 0 Å². The van der Waals surface area contributed by atoms with Gasteiger partial charge in [0.2, 0.25) is 0 Å². The van der Waals surface area contributed by atoms with Gasteiger partial charge in [-0.25, -0.2) is 0 Å². The Morgan fingerprint density at radius 1 is 1.22 bits per heavy atom. The van der Waals surface area contributed by atoms with E-state index >= 15 is 0 Å². The summed E-state index contributed by atoms with van der Waals surface area (Å²) in [6, 6.07) is -0.731. The van der Waals surface area contributed by atoms with Gasteiger partial charge in [-0.2, -0.15) is 0 Å². The lowest BCUT2D eigenvalue weighted by molar-refractivity contribution is -0.286. The third-order valence-electron chi connectivity index (χ3n) is 2.26. The summed E-state index contributed by atoms with van der Waals surface area (Å²) in [5, 5.41) is 52.5. The topological polar surface area (TPSA) is 174 Å². The SMILES string of the molecule is CC(N)C(=O)O.OCC1OC(O)C(O)C(O)C1O. The second-order valence-electron chi connectivity index (χ2n) is 3.85. The second-order valence-corrected chi connectivity index (χ2v) is 3.85. The molecule has 8 N–H and O–H groups in total. The summed E-state index contributed by atoms with van der Waals surface area (Å²) in [6.07, 6.45) is -7.04. The van der Waals surface area contributed by atoms with Gasteiger partial charge in [0.05, 0.1) is 6.61 Å². The molecule has 0 spiro atoms. The van der Waals surface area contributed by atoms with Gasteiger partial charge in [-0.3, -0.25) is 4.79 Å². The van der Waals surface area contributed by atoms with Crippen LogP contribution in [0.3, 0.4) is 0 Å². The fourth-order valence-electron chi connectivity index (χ4n) is 1.08. The lowest BCUT2D eigenvalue weighted by Crippen LogP contribution is -2.58. The van der Waals surface area contributed by atoms with Crippen LogP contribution < -0.4 is 5.73 Å². The van der Waals surface area contributed by atoms with Gasteiger partial charge in [-0.15, -0.1) is 0 Å². The number of carbonyl (C=O) groups is 1. The zero-order valence-corrected chi connectivity index (χ0v) is 9.75. The fourth-order valence-corrected chi connectivity index (χ4v) is 1.08. The van der Waals surface area contributed by atoms with Crippen molar-refractivity contribution in [3.8, 4) is 0 Å². The van der Waals surface area contributed by atoms with E-state index < -0.39 is 49.3 Å². The fraction of sp³-hybridized carbons (Fsp3) is 0.889. The molecule has 1 aliphatic heterocycles. The average molecular weight is 269 g/mol. The van der Waals surface area contributed by atoms with Crippen molar-refractivity contribution in [2.24, 2.45) is 5.73 Å². The number of carboxylic acids is 1. The minimum Gasteiger partial charge on any atom is -0.480 e. The summed E-state index contributed by atoms with van der Waals surface area (Å²) in [6.45, 7) is 0.893. The number of aliphatic hydroxyl groups is 5. The van der Waals surface area contributed by atoms with Crippen LogP contribution in [0.15, 0.2) is 0 Å². The monoisotopic (exact) mass is 269 g/mol. The molecule has 18 heavy (non-hydrogen) atoms. The van der Waals surface area contributed by atoms with Gasteiger partial charge in [0, 0.05) is 0 Å². The Kier molecular flexibility index (Phi) is 7.25. The van der Waals surface area contributed by atoms with Crippen molar-refractivity contribution in [2.45, 2.75) is 43.7 Å². The lowest BCUT2D eigenvalue weighted by atomic mass is 10.00. The van der Waals surface area contributed by atoms with E-state index in [2.05, 4.69) is 4.74 Å². The molecule has 9 nitrogen and oxygen atoms in total. The highest BCUT2D eigenvalue weighted by Crippen LogP contribution is 2.18. The summed E-state index contributed by atoms with van der Waals surface area (Å²) in [5.41, 5.74) is 4.84. The van der Waals surface area contributed by atoms with Crippen LogP contribution >= 0.6 is 0 Å². The standard InChI is InChI=1S/C6H12O6.C3H7NO2/c7-1-2-3(8)4(9)5(10)6(11)12-2;1-2(4)3(5)6/h2-11H,1H2;2H,4H2,1H3,(H,5,6). The zero-order valence-electron chi connectivity index (χ0n) is 9.75. The molecule has 1 fully saturated rings. The maximum Gasteiger partial charge on any atom is 0.320 e. The number of hydrogen-bond donors (Lipinski definition) is 7. The van der Waals surface area contributed by atoms with Crippen LogP contribution in [0.1, 0.15) is 6.92 Å². The molecule has 0 saturated carbocycles. The van der Waals surface area contributed by atoms with Gasteiger partial charge in [-0.1, -0.05) is 0 Å². The molecule has 108 valence electrons. The maximum atomic E-state index is 9.57. The number of carboxylic acid groups (broad SMARTS) is 1. The van der Waals surface area contributed by atoms with E-state index in [-0.39, 0.29) is 0 Å². The van der Waals surface area contributed by atoms with Gasteiger partial charge >= 0.3 is 5.97 Å². The van der Waals surface area contributed by atoms with E-state index in [1.807, 2.05) is 0 Å². The first-order valence-corrected chi connectivity index (χ1v) is 5.19. The summed E-state index contributed by atoms with van der Waals surface area (Å²) < 4.78 is 4.58. The van der Waals surface area contributed by atoms with Gasteiger partial charge in [0.15, 0.2) is 6.29 Å². The molecule has 6 atom stereocenters. The smallest absolute Gasteiger partial charge is 0.320 e. The number of nitrogens with two attached hydrogens (primary N) is 1. The number of ether oxygens (including phenoxy) is 1. The Morgan fingerprint density at radius 2 is 1.67 bits per heavy atom. The van der Waals surface area contributed by atoms with Crippen LogP contribution in [0.2, 0.25) is 0 Å². The predicted octanol–water partition coefficient (Wildman–Crippen LogP) is -3.80. The highest BCUT2D eigenvalue weighted by molar-refractivity contribution is 5.72. The van der Waals surface area contributed by atoms with Crippen LogP contribution in [0, 0.1) is 0 Å². The number of aliphatic carboxylic acids is 1. The molecule has 1 heterocycles. The Bertz CT molecular complexity index is 256. The summed E-state index contributed by atoms with van der Waals surface area (Å²) in [5.74, 6) is -0.963. The summed E-state index contributed by atoms with van der Waals surface area (Å²) in [4.78, 5) is 9.57. The van der Waals surface area contributed by atoms with Crippen molar-refractivity contribution in [3.05, 3.63) is 0 Å². The maximum absolute atomic E-state index is 9.57. The van der Waals surface area contributed by atoms with Crippen LogP contribution in [-0.2, 0) is 9.53 Å². The van der Waals surface area contributed by atoms with Crippen molar-refractivity contribution in [1.82, 2.24) is 0 Å². The van der Waals surface area contributed by atoms with E-state index in [0.29, 0.717) is 0 Å². The summed E-state index contributed by atoms with van der Waals surface area (Å²) >= 11 is 0. The minimum atomic E-state index is -1.57. The third kappa shape index (κ3) is 4.82. The molecule has 0 aromatic rings. The molecule has 1 rings (SSSR count). The highest BCUT2D eigenvalue weighted by Gasteiger charge is 2.42. The van der Waals surface area contributed by atoms with Crippen LogP contribution in [-0.4, -0.2) is 80.0 Å². The number of rotatable bonds is 2. The van der Waals surface area contributed by atoms with E-state index in [4.69, 9.17) is 36.4 Å². The van der Waals surface area contributed by atoms with Crippen molar-refractivity contribution < 1.29 is 40.2 Å². The molecule has 0 bridgehead atoms. The van der Waals surface area contributed by atoms with Crippen LogP contribution in [0.4, 0.5) is 0 Å². The van der Waals surface area contributed by atoms with Gasteiger partial charge < -0.3 is 41.1 Å². The van der Waals surface area contributed by atoms with Crippen LogP contribution in [0.25, 0.3) is 0 Å². The molecule has 0 amide bonds. The van der Waals surface area contributed by atoms with Gasteiger partial charge in [0.25, 0.3) is 0 Å². The first kappa shape index (κ1) is 17.2. The Hall–Kier alpha value is -0.810. The van der Waals surface area contributed by atoms with Crippen molar-refractivity contribution >= 4 is 5.97 Å². The van der Waals surface area contributed by atoms with Crippen molar-refractivity contribution in [2.75, 3.05) is 6.61 Å². The molecular weight excluding hydrogens is 250 g/mol. The molecule has 9 heteroatoms. The second kappa shape index (κ2) is 7.59. The third-order valence-corrected chi connectivity index (χ3v) is 2.26.